The van der Waals surface area contributed by atoms with Crippen LogP contribution in [0.5, 0.6) is 0 Å². The second kappa shape index (κ2) is 10.0. The number of piperazine rings is 1. The summed E-state index contributed by atoms with van der Waals surface area (Å²) in [5.74, 6) is 2.38. The Morgan fingerprint density at radius 2 is 2.00 bits per heavy atom. The van der Waals surface area contributed by atoms with E-state index in [0.29, 0.717) is 5.92 Å². The predicted molar refractivity (Wildman–Crippen MR) is 120 cm³/mol. The molecule has 1 aliphatic rings. The molecule has 2 aromatic rings. The van der Waals surface area contributed by atoms with Crippen LogP contribution < -0.4 is 10.2 Å². The van der Waals surface area contributed by atoms with Crippen LogP contribution in [0.3, 0.4) is 0 Å². The van der Waals surface area contributed by atoms with Gasteiger partial charge < -0.3 is 15.1 Å². The Kier molecular flexibility index (Phi) is 7.46. The molecule has 0 amide bonds. The zero-order valence-electron chi connectivity index (χ0n) is 18.4. The Hall–Kier alpha value is -2.16. The predicted octanol–water partition coefficient (Wildman–Crippen LogP) is 2.34. The number of hydrogen-bond donors (Lipinski definition) is 1. The highest BCUT2D eigenvalue weighted by atomic mass is 32.1. The highest BCUT2D eigenvalue weighted by molar-refractivity contribution is 7.09. The highest BCUT2D eigenvalue weighted by Gasteiger charge is 2.22. The van der Waals surface area contributed by atoms with Crippen molar-refractivity contribution in [3.05, 3.63) is 23.3 Å². The van der Waals surface area contributed by atoms with Gasteiger partial charge in [-0.25, -0.2) is 4.98 Å². The normalized spacial score (nSPS) is 16.4. The summed E-state index contributed by atoms with van der Waals surface area (Å²) in [6, 6.07) is 2.13. The maximum Gasteiger partial charge on any atom is 0.205 e. The van der Waals surface area contributed by atoms with E-state index in [2.05, 4.69) is 68.0 Å². The molecule has 1 fully saturated rings. The number of nitrogens with zero attached hydrogens (tertiary/aromatic N) is 7. The van der Waals surface area contributed by atoms with Crippen molar-refractivity contribution in [2.75, 3.05) is 44.2 Å². The number of guanidine groups is 1. The molecule has 0 saturated carbocycles. The van der Waals surface area contributed by atoms with E-state index in [1.54, 1.807) is 0 Å². The van der Waals surface area contributed by atoms with Crippen molar-refractivity contribution in [3.63, 3.8) is 0 Å². The Morgan fingerprint density at radius 3 is 2.59 bits per heavy atom. The van der Waals surface area contributed by atoms with Crippen LogP contribution in [0.15, 0.2) is 11.1 Å². The first kappa shape index (κ1) is 21.5. The molecule has 1 aliphatic heterocycles. The lowest BCUT2D eigenvalue weighted by Gasteiger charge is -2.36. The monoisotopic (exact) mass is 418 g/mol. The molecule has 1 unspecified atom stereocenters. The van der Waals surface area contributed by atoms with Gasteiger partial charge in [0.15, 0.2) is 5.96 Å². The van der Waals surface area contributed by atoms with Gasteiger partial charge in [0, 0.05) is 69.5 Å². The molecule has 3 rings (SSSR count). The van der Waals surface area contributed by atoms with Gasteiger partial charge in [0.1, 0.15) is 5.82 Å². The second-order valence-corrected chi connectivity index (χ2v) is 8.46. The van der Waals surface area contributed by atoms with Crippen molar-refractivity contribution in [1.82, 2.24) is 29.4 Å². The fourth-order valence-corrected chi connectivity index (χ4v) is 4.31. The fourth-order valence-electron chi connectivity index (χ4n) is 3.51. The van der Waals surface area contributed by atoms with Crippen molar-refractivity contribution in [1.29, 1.82) is 0 Å². The van der Waals surface area contributed by atoms with Crippen LogP contribution in [0, 0.1) is 19.8 Å². The maximum atomic E-state index is 4.93. The van der Waals surface area contributed by atoms with Gasteiger partial charge in [-0.1, -0.05) is 13.8 Å². The van der Waals surface area contributed by atoms with E-state index < -0.39 is 0 Å². The van der Waals surface area contributed by atoms with Crippen LogP contribution in [-0.4, -0.2) is 69.3 Å². The Labute approximate surface area is 178 Å². The third-order valence-corrected chi connectivity index (χ3v) is 5.91. The smallest absolute Gasteiger partial charge is 0.205 e. The third kappa shape index (κ3) is 5.68. The van der Waals surface area contributed by atoms with Gasteiger partial charge in [-0.15, -0.1) is 0 Å². The van der Waals surface area contributed by atoms with Crippen LogP contribution in [-0.2, 0) is 13.0 Å². The molecule has 29 heavy (non-hydrogen) atoms. The minimum absolute atomic E-state index is 0.428. The number of hydrogen-bond acceptors (Lipinski definition) is 6. The van der Waals surface area contributed by atoms with Gasteiger partial charge in [-0.3, -0.25) is 9.67 Å². The van der Waals surface area contributed by atoms with Crippen LogP contribution in [0.4, 0.5) is 5.13 Å². The second-order valence-electron chi connectivity index (χ2n) is 7.73. The molecule has 2 aromatic heterocycles. The first-order valence-corrected chi connectivity index (χ1v) is 11.4. The molecule has 0 radical (unpaired) electrons. The SMILES string of the molecule is CCNC(=NCC(C)Cn1nc(C)cc1C)N1CCN(c2nc(CC)ns2)CC1. The molecular weight excluding hydrogens is 384 g/mol. The molecule has 0 aliphatic carbocycles. The minimum atomic E-state index is 0.428. The number of aliphatic imine (C=N–C) groups is 1. The molecule has 160 valence electrons. The van der Waals surface area contributed by atoms with Crippen molar-refractivity contribution in [2.45, 2.75) is 47.6 Å². The minimum Gasteiger partial charge on any atom is -0.357 e. The molecule has 8 nitrogen and oxygen atoms in total. The van der Waals surface area contributed by atoms with Crippen molar-refractivity contribution >= 4 is 22.6 Å². The van der Waals surface area contributed by atoms with E-state index in [4.69, 9.17) is 4.99 Å². The standard InChI is InChI=1S/C20H34N8S/c1-6-18-23-20(29-25-18)27-10-8-26(9-11-27)19(21-7-2)22-13-15(3)14-28-17(5)12-16(4)24-28/h12,15H,6-11,13-14H2,1-5H3,(H,21,22). The molecule has 0 spiro atoms. The Morgan fingerprint density at radius 1 is 1.24 bits per heavy atom. The Balaban J connectivity index is 1.55. The molecule has 1 atom stereocenters. The largest absolute Gasteiger partial charge is 0.357 e. The van der Waals surface area contributed by atoms with E-state index in [9.17, 15) is 0 Å². The van der Waals surface area contributed by atoms with E-state index in [1.165, 1.54) is 17.2 Å². The number of aryl methyl sites for hydroxylation is 3. The fraction of sp³-hybridized carbons (Fsp3) is 0.700. The van der Waals surface area contributed by atoms with Gasteiger partial charge in [0.25, 0.3) is 0 Å². The quantitative estimate of drug-likeness (QED) is 0.550. The van der Waals surface area contributed by atoms with Crippen LogP contribution in [0.1, 0.15) is 38.0 Å². The number of nitrogens with one attached hydrogen (secondary N) is 1. The van der Waals surface area contributed by atoms with Gasteiger partial charge in [-0.05, 0) is 32.8 Å². The van der Waals surface area contributed by atoms with E-state index >= 15 is 0 Å². The summed E-state index contributed by atoms with van der Waals surface area (Å²) in [5, 5.41) is 9.08. The first-order valence-electron chi connectivity index (χ1n) is 10.6. The lowest BCUT2D eigenvalue weighted by atomic mass is 10.2. The zero-order chi connectivity index (χ0) is 20.8. The van der Waals surface area contributed by atoms with Crippen LogP contribution in [0.2, 0.25) is 0 Å². The molecule has 1 saturated heterocycles. The molecule has 3 heterocycles. The van der Waals surface area contributed by atoms with Gasteiger partial charge in [0.05, 0.1) is 5.69 Å². The topological polar surface area (TPSA) is 74.5 Å². The number of aromatic nitrogens is 4. The van der Waals surface area contributed by atoms with Crippen molar-refractivity contribution in [3.8, 4) is 0 Å². The number of anilines is 1. The van der Waals surface area contributed by atoms with Crippen LogP contribution >= 0.6 is 11.5 Å². The van der Waals surface area contributed by atoms with Gasteiger partial charge >= 0.3 is 0 Å². The molecule has 9 heteroatoms. The molecule has 1 N–H and O–H groups in total. The molecule has 0 bridgehead atoms. The Bertz CT molecular complexity index is 803. The van der Waals surface area contributed by atoms with E-state index in [-0.39, 0.29) is 0 Å². The average molecular weight is 419 g/mol. The average Bonchev–Trinajstić information content (AvgIpc) is 3.31. The summed E-state index contributed by atoms with van der Waals surface area (Å²) in [4.78, 5) is 14.3. The van der Waals surface area contributed by atoms with E-state index in [0.717, 1.165) is 74.8 Å². The highest BCUT2D eigenvalue weighted by Crippen LogP contribution is 2.19. The molecule has 0 aromatic carbocycles. The summed E-state index contributed by atoms with van der Waals surface area (Å²) >= 11 is 1.51. The lowest BCUT2D eigenvalue weighted by molar-refractivity contribution is 0.369. The summed E-state index contributed by atoms with van der Waals surface area (Å²) in [7, 11) is 0. The summed E-state index contributed by atoms with van der Waals surface area (Å²) in [5.41, 5.74) is 2.29. The maximum absolute atomic E-state index is 4.93. The van der Waals surface area contributed by atoms with Gasteiger partial charge in [-0.2, -0.15) is 9.47 Å². The van der Waals surface area contributed by atoms with E-state index in [1.807, 2.05) is 6.92 Å². The molecular formula is C20H34N8S. The number of rotatable bonds is 7. The zero-order valence-corrected chi connectivity index (χ0v) is 19.2. The summed E-state index contributed by atoms with van der Waals surface area (Å²) in [6.45, 7) is 17.0. The first-order chi connectivity index (χ1) is 14.0. The van der Waals surface area contributed by atoms with Crippen molar-refractivity contribution < 1.29 is 0 Å². The van der Waals surface area contributed by atoms with Crippen LogP contribution in [0.25, 0.3) is 0 Å². The third-order valence-electron chi connectivity index (χ3n) is 5.10. The summed E-state index contributed by atoms with van der Waals surface area (Å²) < 4.78 is 6.51. The van der Waals surface area contributed by atoms with Gasteiger partial charge in [0.2, 0.25) is 5.13 Å². The van der Waals surface area contributed by atoms with Crippen molar-refractivity contribution in [2.24, 2.45) is 10.9 Å². The lowest BCUT2D eigenvalue weighted by Crippen LogP contribution is -2.52. The summed E-state index contributed by atoms with van der Waals surface area (Å²) in [6.07, 6.45) is 0.892.